The van der Waals surface area contributed by atoms with Gasteiger partial charge in [-0.25, -0.2) is 9.13 Å². The molecule has 2 nitrogen and oxygen atoms in total. The van der Waals surface area contributed by atoms with Gasteiger partial charge in [0.15, 0.2) is 0 Å². The van der Waals surface area contributed by atoms with Gasteiger partial charge in [0.1, 0.15) is 0 Å². The molecule has 0 N–H and O–H groups in total. The molecule has 0 fully saturated rings. The smallest absolute Gasteiger partial charge is 0.237 e. The van der Waals surface area contributed by atoms with Crippen molar-refractivity contribution in [2.45, 2.75) is 18.5 Å². The van der Waals surface area contributed by atoms with Crippen molar-refractivity contribution in [2.75, 3.05) is 0 Å². The first kappa shape index (κ1) is 7.75. The van der Waals surface area contributed by atoms with Gasteiger partial charge in [-0.15, -0.1) is 0 Å². The first-order chi connectivity index (χ1) is 5.79. The van der Waals surface area contributed by atoms with Crippen molar-refractivity contribution in [2.24, 2.45) is 0 Å². The van der Waals surface area contributed by atoms with Gasteiger partial charge in [0, 0.05) is 0 Å². The Morgan fingerprint density at radius 1 is 1.25 bits per heavy atom. The second kappa shape index (κ2) is 2.87. The zero-order valence-electron chi connectivity index (χ0n) is 6.56. The van der Waals surface area contributed by atoms with Crippen LogP contribution in [0.4, 0.5) is 0 Å². The molecule has 1 unspecified atom stereocenters. The van der Waals surface area contributed by atoms with Crippen molar-refractivity contribution in [3.63, 3.8) is 0 Å². The Hall–Kier alpha value is -0.880. The lowest BCUT2D eigenvalue weighted by atomic mass is 10.1. The van der Waals surface area contributed by atoms with E-state index >= 15 is 0 Å². The van der Waals surface area contributed by atoms with E-state index in [2.05, 4.69) is 0 Å². The van der Waals surface area contributed by atoms with Crippen LogP contribution in [0.25, 0.3) is 0 Å². The van der Waals surface area contributed by atoms with Gasteiger partial charge in [-0.1, -0.05) is 24.3 Å². The zero-order valence-corrected chi connectivity index (χ0v) is 7.46. The van der Waals surface area contributed by atoms with Gasteiger partial charge < -0.3 is 0 Å². The second-order valence-electron chi connectivity index (χ2n) is 3.04. The summed E-state index contributed by atoms with van der Waals surface area (Å²) in [5.41, 5.74) is 1.98. The Labute approximate surface area is 71.4 Å². The van der Waals surface area contributed by atoms with Crippen LogP contribution in [0.2, 0.25) is 0 Å². The fourth-order valence-electron chi connectivity index (χ4n) is 1.75. The van der Waals surface area contributed by atoms with Gasteiger partial charge in [0.25, 0.3) is 0 Å². The van der Waals surface area contributed by atoms with Crippen molar-refractivity contribution in [1.29, 1.82) is 0 Å². The standard InChI is InChI=1S/C9H9O2P/c10-12(11)9-6-5-7-3-1-2-4-8(7)9/h1-4,9H,5-6H2. The molecule has 0 amide bonds. The molecular formula is C9H9O2P. The molecule has 12 heavy (non-hydrogen) atoms. The molecule has 3 heteroatoms. The summed E-state index contributed by atoms with van der Waals surface area (Å²) in [7, 11) is -2.29. The summed E-state index contributed by atoms with van der Waals surface area (Å²) < 4.78 is 21.6. The molecule has 0 aliphatic heterocycles. The summed E-state index contributed by atoms with van der Waals surface area (Å²) in [5.74, 6) is 0. The lowest BCUT2D eigenvalue weighted by molar-refractivity contribution is 0.505. The van der Waals surface area contributed by atoms with E-state index < -0.39 is 7.68 Å². The van der Waals surface area contributed by atoms with Crippen LogP contribution < -0.4 is 0 Å². The predicted molar refractivity (Wildman–Crippen MR) is 45.8 cm³/mol. The lowest BCUT2D eigenvalue weighted by Gasteiger charge is -1.99. The van der Waals surface area contributed by atoms with Crippen LogP contribution in [0.3, 0.4) is 0 Å². The topological polar surface area (TPSA) is 34.1 Å². The van der Waals surface area contributed by atoms with Gasteiger partial charge >= 0.3 is 7.68 Å². The minimum Gasteiger partial charge on any atom is -0.237 e. The minimum absolute atomic E-state index is 0.226. The van der Waals surface area contributed by atoms with Crippen molar-refractivity contribution < 1.29 is 9.13 Å². The highest BCUT2D eigenvalue weighted by molar-refractivity contribution is 7.31. The Kier molecular flexibility index (Phi) is 1.86. The summed E-state index contributed by atoms with van der Waals surface area (Å²) in [4.78, 5) is 0. The quantitative estimate of drug-likeness (QED) is 0.622. The van der Waals surface area contributed by atoms with Crippen molar-refractivity contribution in [3.05, 3.63) is 35.4 Å². The van der Waals surface area contributed by atoms with E-state index in [0.717, 1.165) is 18.4 Å². The van der Waals surface area contributed by atoms with Crippen molar-refractivity contribution >= 4 is 7.68 Å². The van der Waals surface area contributed by atoms with Crippen molar-refractivity contribution in [1.82, 2.24) is 0 Å². The molecule has 62 valence electrons. The van der Waals surface area contributed by atoms with E-state index in [-0.39, 0.29) is 5.66 Å². The third-order valence-corrected chi connectivity index (χ3v) is 3.40. The molecule has 0 saturated carbocycles. The average Bonchev–Trinajstić information content (AvgIpc) is 2.47. The Balaban J connectivity index is 2.49. The molecule has 0 heterocycles. The van der Waals surface area contributed by atoms with Gasteiger partial charge in [0.2, 0.25) is 0 Å². The van der Waals surface area contributed by atoms with E-state index in [1.165, 1.54) is 5.56 Å². The number of hydrogen-bond acceptors (Lipinski definition) is 2. The van der Waals surface area contributed by atoms with Crippen LogP contribution in [0.15, 0.2) is 24.3 Å². The fraction of sp³-hybridized carbons (Fsp3) is 0.333. The molecule has 0 radical (unpaired) electrons. The van der Waals surface area contributed by atoms with Gasteiger partial charge in [-0.3, -0.25) is 0 Å². The number of rotatable bonds is 1. The first-order valence-electron chi connectivity index (χ1n) is 4.00. The normalized spacial score (nSPS) is 20.5. The van der Waals surface area contributed by atoms with Crippen LogP contribution in [0.5, 0.6) is 0 Å². The molecule has 1 aromatic carbocycles. The third-order valence-electron chi connectivity index (χ3n) is 2.36. The Bertz CT molecular complexity index is 361. The number of aryl methyl sites for hydroxylation is 1. The molecule has 1 aliphatic rings. The average molecular weight is 180 g/mol. The lowest BCUT2D eigenvalue weighted by Crippen LogP contribution is -1.82. The maximum atomic E-state index is 10.8. The number of fused-ring (bicyclic) bond motifs is 1. The van der Waals surface area contributed by atoms with E-state index in [0.29, 0.717) is 0 Å². The summed E-state index contributed by atoms with van der Waals surface area (Å²) in [5, 5.41) is 0. The van der Waals surface area contributed by atoms with Crippen LogP contribution in [-0.4, -0.2) is 0 Å². The fourth-order valence-corrected chi connectivity index (χ4v) is 2.57. The largest absolute Gasteiger partial charge is 0.323 e. The third kappa shape index (κ3) is 1.12. The van der Waals surface area contributed by atoms with E-state index in [9.17, 15) is 9.13 Å². The molecule has 0 bridgehead atoms. The highest BCUT2D eigenvalue weighted by Crippen LogP contribution is 2.43. The summed E-state index contributed by atoms with van der Waals surface area (Å²) in [6.45, 7) is 0. The van der Waals surface area contributed by atoms with Gasteiger partial charge in [0.05, 0.1) is 5.66 Å². The summed E-state index contributed by atoms with van der Waals surface area (Å²) in [6.07, 6.45) is 1.67. The Morgan fingerprint density at radius 2 is 2.00 bits per heavy atom. The highest BCUT2D eigenvalue weighted by atomic mass is 31.1. The van der Waals surface area contributed by atoms with Crippen molar-refractivity contribution in [3.8, 4) is 0 Å². The molecule has 2 rings (SSSR count). The van der Waals surface area contributed by atoms with Crippen LogP contribution >= 0.6 is 7.68 Å². The molecule has 0 aromatic heterocycles. The van der Waals surface area contributed by atoms with Crippen LogP contribution in [0, 0.1) is 0 Å². The molecular weight excluding hydrogens is 171 g/mol. The summed E-state index contributed by atoms with van der Waals surface area (Å²) in [6, 6.07) is 7.78. The maximum Gasteiger partial charge on any atom is 0.323 e. The van der Waals surface area contributed by atoms with Gasteiger partial charge in [-0.2, -0.15) is 0 Å². The van der Waals surface area contributed by atoms with Crippen LogP contribution in [-0.2, 0) is 15.6 Å². The molecule has 0 saturated heterocycles. The molecule has 1 aromatic rings. The number of hydrogen-bond donors (Lipinski definition) is 0. The molecule has 1 aliphatic carbocycles. The monoisotopic (exact) mass is 180 g/mol. The SMILES string of the molecule is O=P(=O)C1CCc2ccccc21. The van der Waals surface area contributed by atoms with Gasteiger partial charge in [-0.05, 0) is 24.0 Å². The second-order valence-corrected chi connectivity index (χ2v) is 4.23. The first-order valence-corrected chi connectivity index (χ1v) is 5.25. The number of benzene rings is 1. The van der Waals surface area contributed by atoms with Crippen LogP contribution in [0.1, 0.15) is 23.2 Å². The van der Waals surface area contributed by atoms with E-state index in [1.54, 1.807) is 0 Å². The van der Waals surface area contributed by atoms with E-state index in [1.807, 2.05) is 24.3 Å². The summed E-state index contributed by atoms with van der Waals surface area (Å²) >= 11 is 0. The zero-order chi connectivity index (χ0) is 8.55. The van der Waals surface area contributed by atoms with E-state index in [4.69, 9.17) is 0 Å². The molecule has 1 atom stereocenters. The predicted octanol–water partition coefficient (Wildman–Crippen LogP) is 2.85. The Morgan fingerprint density at radius 3 is 2.75 bits per heavy atom. The molecule has 0 spiro atoms. The maximum absolute atomic E-state index is 10.8. The minimum atomic E-state index is -2.29. The highest BCUT2D eigenvalue weighted by Gasteiger charge is 2.25.